The summed E-state index contributed by atoms with van der Waals surface area (Å²) in [6.07, 6.45) is -0.0589. The number of rotatable bonds is 8. The summed E-state index contributed by atoms with van der Waals surface area (Å²) >= 11 is 0. The number of esters is 1. The highest BCUT2D eigenvalue weighted by molar-refractivity contribution is 5.69. The summed E-state index contributed by atoms with van der Waals surface area (Å²) in [7, 11) is 1.34. The summed E-state index contributed by atoms with van der Waals surface area (Å²) in [5.74, 6) is -0.308. The first kappa shape index (κ1) is 16.6. The third-order valence-electron chi connectivity index (χ3n) is 3.21. The molecule has 0 aliphatic heterocycles. The van der Waals surface area contributed by atoms with Crippen LogP contribution in [0, 0.1) is 6.92 Å². The van der Waals surface area contributed by atoms with Crippen LogP contribution in [0.2, 0.25) is 0 Å². The summed E-state index contributed by atoms with van der Waals surface area (Å²) in [6.45, 7) is 2.33. The van der Waals surface area contributed by atoms with E-state index in [1.165, 1.54) is 7.11 Å². The molecule has 0 amide bonds. The van der Waals surface area contributed by atoms with Crippen LogP contribution in [-0.4, -0.2) is 42.5 Å². The van der Waals surface area contributed by atoms with Gasteiger partial charge in [-0.15, -0.1) is 0 Å². The van der Waals surface area contributed by atoms with Crippen molar-refractivity contribution in [2.45, 2.75) is 31.9 Å². The Kier molecular flexibility index (Phi) is 7.22. The van der Waals surface area contributed by atoms with Crippen LogP contribution in [-0.2, 0) is 9.53 Å². The lowest BCUT2D eigenvalue weighted by molar-refractivity contribution is -0.141. The van der Waals surface area contributed by atoms with E-state index in [2.05, 4.69) is 10.1 Å². The van der Waals surface area contributed by atoms with Gasteiger partial charge in [-0.1, -0.05) is 29.8 Å². The number of nitrogens with one attached hydrogen (secondary N) is 1. The number of hydrogen-bond donors (Lipinski definition) is 3. The minimum Gasteiger partial charge on any atom is -0.469 e. The van der Waals surface area contributed by atoms with Crippen LogP contribution < -0.4 is 5.32 Å². The quantitative estimate of drug-likeness (QED) is 0.618. The van der Waals surface area contributed by atoms with Gasteiger partial charge in [-0.3, -0.25) is 4.79 Å². The molecule has 1 aromatic carbocycles. The van der Waals surface area contributed by atoms with E-state index in [0.29, 0.717) is 13.0 Å². The van der Waals surface area contributed by atoms with Gasteiger partial charge in [0.2, 0.25) is 0 Å². The standard InChI is InChI=1S/C15H23NO4/c1-11-3-5-12(6-4-11)15(19)13(16-9-10-17)7-8-14(18)20-2/h3-6,13,15-17,19H,7-10H2,1-2H3. The van der Waals surface area contributed by atoms with Gasteiger partial charge in [-0.25, -0.2) is 0 Å². The maximum Gasteiger partial charge on any atom is 0.305 e. The first-order chi connectivity index (χ1) is 9.58. The Hall–Kier alpha value is -1.43. The van der Waals surface area contributed by atoms with Crippen LogP contribution in [0.1, 0.15) is 30.1 Å². The maximum atomic E-state index is 11.2. The van der Waals surface area contributed by atoms with Gasteiger partial charge in [0.25, 0.3) is 0 Å². The fourth-order valence-electron chi connectivity index (χ4n) is 1.99. The zero-order chi connectivity index (χ0) is 15.0. The summed E-state index contributed by atoms with van der Waals surface area (Å²) in [4.78, 5) is 11.2. The predicted octanol–water partition coefficient (Wildman–Crippen LogP) is 0.932. The van der Waals surface area contributed by atoms with Gasteiger partial charge in [0.15, 0.2) is 0 Å². The highest BCUT2D eigenvalue weighted by atomic mass is 16.5. The summed E-state index contributed by atoms with van der Waals surface area (Å²) < 4.78 is 4.61. The Labute approximate surface area is 119 Å². The van der Waals surface area contributed by atoms with E-state index in [1.807, 2.05) is 31.2 Å². The molecule has 0 spiro atoms. The summed E-state index contributed by atoms with van der Waals surface area (Å²) in [5, 5.41) is 22.3. The van der Waals surface area contributed by atoms with E-state index < -0.39 is 6.10 Å². The summed E-state index contributed by atoms with van der Waals surface area (Å²) in [5.41, 5.74) is 1.91. The Morgan fingerprint density at radius 1 is 1.35 bits per heavy atom. The molecule has 0 bridgehead atoms. The largest absolute Gasteiger partial charge is 0.469 e. The van der Waals surface area contributed by atoms with Gasteiger partial charge in [0.05, 0.1) is 19.8 Å². The first-order valence-corrected chi connectivity index (χ1v) is 6.74. The van der Waals surface area contributed by atoms with Crippen LogP contribution >= 0.6 is 0 Å². The molecular formula is C15H23NO4. The average Bonchev–Trinajstić information content (AvgIpc) is 2.47. The molecule has 2 unspecified atom stereocenters. The average molecular weight is 281 g/mol. The molecule has 1 rings (SSSR count). The van der Waals surface area contributed by atoms with Crippen molar-refractivity contribution < 1.29 is 19.7 Å². The molecule has 0 radical (unpaired) electrons. The summed E-state index contributed by atoms with van der Waals surface area (Å²) in [6, 6.07) is 7.30. The minimum atomic E-state index is -0.730. The minimum absolute atomic E-state index is 0.0185. The second-order valence-corrected chi connectivity index (χ2v) is 4.75. The molecule has 0 heterocycles. The van der Waals surface area contributed by atoms with Crippen molar-refractivity contribution >= 4 is 5.97 Å². The predicted molar refractivity (Wildman–Crippen MR) is 76.3 cm³/mol. The number of aryl methyl sites for hydroxylation is 1. The van der Waals surface area contributed by atoms with E-state index >= 15 is 0 Å². The number of methoxy groups -OCH3 is 1. The second-order valence-electron chi connectivity index (χ2n) is 4.75. The lowest BCUT2D eigenvalue weighted by atomic mass is 9.97. The zero-order valence-electron chi connectivity index (χ0n) is 12.0. The lowest BCUT2D eigenvalue weighted by Gasteiger charge is -2.24. The highest BCUT2D eigenvalue weighted by Crippen LogP contribution is 2.20. The van der Waals surface area contributed by atoms with Crippen molar-refractivity contribution in [1.82, 2.24) is 5.32 Å². The number of aliphatic hydroxyl groups is 2. The zero-order valence-corrected chi connectivity index (χ0v) is 12.0. The third kappa shape index (κ3) is 5.28. The molecule has 3 N–H and O–H groups in total. The number of aliphatic hydroxyl groups excluding tert-OH is 2. The number of hydrogen-bond acceptors (Lipinski definition) is 5. The van der Waals surface area contributed by atoms with Crippen LogP contribution in [0.25, 0.3) is 0 Å². The fourth-order valence-corrected chi connectivity index (χ4v) is 1.99. The van der Waals surface area contributed by atoms with Gasteiger partial charge >= 0.3 is 5.97 Å². The van der Waals surface area contributed by atoms with Crippen LogP contribution in [0.3, 0.4) is 0 Å². The van der Waals surface area contributed by atoms with Gasteiger partial charge in [0, 0.05) is 19.0 Å². The Balaban J connectivity index is 2.69. The van der Waals surface area contributed by atoms with Crippen molar-refractivity contribution in [3.05, 3.63) is 35.4 Å². The first-order valence-electron chi connectivity index (χ1n) is 6.74. The van der Waals surface area contributed by atoms with E-state index in [9.17, 15) is 9.90 Å². The lowest BCUT2D eigenvalue weighted by Crippen LogP contribution is -2.37. The van der Waals surface area contributed by atoms with Crippen molar-refractivity contribution in [1.29, 1.82) is 0 Å². The van der Waals surface area contributed by atoms with Crippen LogP contribution in [0.4, 0.5) is 0 Å². The van der Waals surface area contributed by atoms with E-state index in [4.69, 9.17) is 5.11 Å². The number of benzene rings is 1. The molecule has 0 fully saturated rings. The number of carbonyl (C=O) groups excluding carboxylic acids is 1. The molecule has 0 saturated heterocycles. The Morgan fingerprint density at radius 2 is 2.00 bits per heavy atom. The van der Waals surface area contributed by atoms with Gasteiger partial charge in [-0.2, -0.15) is 0 Å². The molecule has 0 aromatic heterocycles. The molecule has 20 heavy (non-hydrogen) atoms. The molecule has 0 saturated carbocycles. The van der Waals surface area contributed by atoms with Gasteiger partial charge in [-0.05, 0) is 18.9 Å². The van der Waals surface area contributed by atoms with Gasteiger partial charge in [0.1, 0.15) is 0 Å². The molecule has 5 heteroatoms. The molecule has 0 aliphatic rings. The van der Waals surface area contributed by atoms with Crippen molar-refractivity contribution in [2.75, 3.05) is 20.3 Å². The third-order valence-corrected chi connectivity index (χ3v) is 3.21. The molecule has 1 aromatic rings. The maximum absolute atomic E-state index is 11.2. The number of carbonyl (C=O) groups is 1. The normalized spacial score (nSPS) is 13.8. The fraction of sp³-hybridized carbons (Fsp3) is 0.533. The molecule has 5 nitrogen and oxygen atoms in total. The van der Waals surface area contributed by atoms with Crippen LogP contribution in [0.5, 0.6) is 0 Å². The van der Waals surface area contributed by atoms with Crippen molar-refractivity contribution in [2.24, 2.45) is 0 Å². The van der Waals surface area contributed by atoms with Gasteiger partial charge < -0.3 is 20.3 Å². The van der Waals surface area contributed by atoms with Crippen molar-refractivity contribution in [3.63, 3.8) is 0 Å². The smallest absolute Gasteiger partial charge is 0.305 e. The van der Waals surface area contributed by atoms with E-state index in [-0.39, 0.29) is 25.0 Å². The van der Waals surface area contributed by atoms with E-state index in [1.54, 1.807) is 0 Å². The molecule has 112 valence electrons. The topological polar surface area (TPSA) is 78.8 Å². The molecular weight excluding hydrogens is 258 g/mol. The van der Waals surface area contributed by atoms with Crippen LogP contribution in [0.15, 0.2) is 24.3 Å². The second kappa shape index (κ2) is 8.68. The molecule has 0 aliphatic carbocycles. The van der Waals surface area contributed by atoms with Crippen molar-refractivity contribution in [3.8, 4) is 0 Å². The number of ether oxygens (including phenoxy) is 1. The monoisotopic (exact) mass is 281 g/mol. The Morgan fingerprint density at radius 3 is 2.55 bits per heavy atom. The highest BCUT2D eigenvalue weighted by Gasteiger charge is 2.21. The Bertz CT molecular complexity index is 405. The van der Waals surface area contributed by atoms with E-state index in [0.717, 1.165) is 11.1 Å². The SMILES string of the molecule is COC(=O)CCC(NCCO)C(O)c1ccc(C)cc1. The molecule has 2 atom stereocenters.